The molecule has 1 amide bonds. The number of carbonyl (C=O) groups is 1. The van der Waals surface area contributed by atoms with Gasteiger partial charge in [-0.25, -0.2) is 13.1 Å². The third-order valence-corrected chi connectivity index (χ3v) is 4.92. The van der Waals surface area contributed by atoms with Crippen molar-refractivity contribution in [3.05, 3.63) is 57.1 Å². The Hall–Kier alpha value is -1.32. The highest BCUT2D eigenvalue weighted by Gasteiger charge is 2.17. The number of benzene rings is 2. The van der Waals surface area contributed by atoms with Crippen LogP contribution in [-0.2, 0) is 14.8 Å². The fourth-order valence-corrected chi connectivity index (χ4v) is 2.99. The zero-order valence-electron chi connectivity index (χ0n) is 11.1. The standard InChI is InChI=1S/C14H11ClINO4S/c15-10-1-7-13(8-2-10)22(19,20)17-14(18)9-21-12-5-3-11(16)4-6-12/h1-8H,9H2,(H,17,18). The predicted molar refractivity (Wildman–Crippen MR) is 91.4 cm³/mol. The van der Waals surface area contributed by atoms with Crippen LogP contribution in [0.3, 0.4) is 0 Å². The van der Waals surface area contributed by atoms with Gasteiger partial charge in [0.25, 0.3) is 15.9 Å². The zero-order chi connectivity index (χ0) is 16.2. The molecule has 0 aliphatic carbocycles. The Morgan fingerprint density at radius 3 is 2.27 bits per heavy atom. The molecule has 0 fully saturated rings. The number of carbonyl (C=O) groups excluding carboxylic acids is 1. The van der Waals surface area contributed by atoms with Crippen molar-refractivity contribution >= 4 is 50.1 Å². The van der Waals surface area contributed by atoms with E-state index in [9.17, 15) is 13.2 Å². The van der Waals surface area contributed by atoms with Crippen molar-refractivity contribution in [1.82, 2.24) is 4.72 Å². The molecule has 0 heterocycles. The average Bonchev–Trinajstić information content (AvgIpc) is 2.46. The third kappa shape index (κ3) is 4.85. The van der Waals surface area contributed by atoms with E-state index in [0.717, 1.165) is 3.57 Å². The van der Waals surface area contributed by atoms with Gasteiger partial charge >= 0.3 is 0 Å². The molecule has 0 spiro atoms. The van der Waals surface area contributed by atoms with Gasteiger partial charge in [0.2, 0.25) is 0 Å². The van der Waals surface area contributed by atoms with Crippen molar-refractivity contribution in [2.45, 2.75) is 4.90 Å². The predicted octanol–water partition coefficient (Wildman–Crippen LogP) is 2.83. The lowest BCUT2D eigenvalue weighted by Gasteiger charge is -2.08. The lowest BCUT2D eigenvalue weighted by Crippen LogP contribution is -2.34. The molecule has 0 bridgehead atoms. The van der Waals surface area contributed by atoms with Crippen molar-refractivity contribution in [1.29, 1.82) is 0 Å². The van der Waals surface area contributed by atoms with Crippen LogP contribution in [0.4, 0.5) is 0 Å². The molecule has 22 heavy (non-hydrogen) atoms. The number of amides is 1. The van der Waals surface area contributed by atoms with Crippen molar-refractivity contribution in [2.75, 3.05) is 6.61 Å². The molecule has 0 aliphatic rings. The van der Waals surface area contributed by atoms with E-state index in [1.165, 1.54) is 24.3 Å². The molecule has 2 rings (SSSR count). The van der Waals surface area contributed by atoms with Gasteiger partial charge in [0, 0.05) is 8.59 Å². The van der Waals surface area contributed by atoms with E-state index < -0.39 is 22.5 Å². The van der Waals surface area contributed by atoms with Crippen LogP contribution in [0.15, 0.2) is 53.4 Å². The second kappa shape index (κ2) is 7.30. The summed E-state index contributed by atoms with van der Waals surface area (Å²) in [4.78, 5) is 11.7. The highest BCUT2D eigenvalue weighted by Crippen LogP contribution is 2.15. The van der Waals surface area contributed by atoms with Crippen LogP contribution in [-0.4, -0.2) is 20.9 Å². The zero-order valence-corrected chi connectivity index (χ0v) is 14.9. The lowest BCUT2D eigenvalue weighted by atomic mass is 10.3. The van der Waals surface area contributed by atoms with Gasteiger partial charge in [-0.05, 0) is 71.1 Å². The number of hydrogen-bond donors (Lipinski definition) is 1. The Bertz CT molecular complexity index is 760. The molecule has 116 valence electrons. The summed E-state index contributed by atoms with van der Waals surface area (Å²) in [5.41, 5.74) is 0. The monoisotopic (exact) mass is 451 g/mol. The number of sulfonamides is 1. The number of halogens is 2. The molecule has 2 aromatic rings. The molecule has 8 heteroatoms. The summed E-state index contributed by atoms with van der Waals surface area (Å²) in [6.07, 6.45) is 0. The van der Waals surface area contributed by atoms with Gasteiger partial charge in [0.1, 0.15) is 5.75 Å². The fourth-order valence-electron chi connectivity index (χ4n) is 1.53. The van der Waals surface area contributed by atoms with Crippen LogP contribution in [0.1, 0.15) is 0 Å². The first-order valence-corrected chi connectivity index (χ1v) is 9.00. The van der Waals surface area contributed by atoms with Gasteiger partial charge in [-0.15, -0.1) is 0 Å². The molecule has 0 radical (unpaired) electrons. The van der Waals surface area contributed by atoms with E-state index in [1.807, 2.05) is 16.9 Å². The van der Waals surface area contributed by atoms with Crippen LogP contribution < -0.4 is 9.46 Å². The maximum atomic E-state index is 12.0. The van der Waals surface area contributed by atoms with E-state index in [-0.39, 0.29) is 4.90 Å². The summed E-state index contributed by atoms with van der Waals surface area (Å²) < 4.78 is 32.1. The molecule has 1 N–H and O–H groups in total. The maximum absolute atomic E-state index is 12.0. The van der Waals surface area contributed by atoms with Gasteiger partial charge in [-0.1, -0.05) is 11.6 Å². The summed E-state index contributed by atoms with van der Waals surface area (Å²) >= 11 is 7.83. The smallest absolute Gasteiger partial charge is 0.271 e. The quantitative estimate of drug-likeness (QED) is 0.710. The van der Waals surface area contributed by atoms with Gasteiger partial charge in [0.15, 0.2) is 6.61 Å². The van der Waals surface area contributed by atoms with Gasteiger partial charge in [-0.2, -0.15) is 0 Å². The largest absolute Gasteiger partial charge is 0.484 e. The van der Waals surface area contributed by atoms with Crippen molar-refractivity contribution in [3.8, 4) is 5.75 Å². The first kappa shape index (κ1) is 17.0. The summed E-state index contributed by atoms with van der Waals surface area (Å²) in [5, 5.41) is 0.410. The molecule has 0 atom stereocenters. The summed E-state index contributed by atoms with van der Waals surface area (Å²) in [5.74, 6) is -0.270. The molecule has 0 aliphatic heterocycles. The molecule has 0 aromatic heterocycles. The van der Waals surface area contributed by atoms with Gasteiger partial charge in [-0.3, -0.25) is 4.79 Å². The number of ether oxygens (including phenoxy) is 1. The molecule has 5 nitrogen and oxygen atoms in total. The Balaban J connectivity index is 1.96. The molecular formula is C14H11ClINO4S. The Kier molecular flexibility index (Phi) is 5.65. The lowest BCUT2D eigenvalue weighted by molar-refractivity contribution is -0.121. The molecule has 0 saturated carbocycles. The topological polar surface area (TPSA) is 72.5 Å². The van der Waals surface area contributed by atoms with Crippen LogP contribution >= 0.6 is 34.2 Å². The Labute approximate surface area is 146 Å². The van der Waals surface area contributed by atoms with Crippen molar-refractivity contribution in [3.63, 3.8) is 0 Å². The Morgan fingerprint density at radius 1 is 1.09 bits per heavy atom. The maximum Gasteiger partial charge on any atom is 0.271 e. The Morgan fingerprint density at radius 2 is 1.68 bits per heavy atom. The summed E-state index contributed by atoms with van der Waals surface area (Å²) in [6, 6.07) is 12.5. The number of rotatable bonds is 5. The second-order valence-corrected chi connectivity index (χ2v) is 7.59. The van der Waals surface area contributed by atoms with E-state index in [2.05, 4.69) is 22.6 Å². The van der Waals surface area contributed by atoms with E-state index >= 15 is 0 Å². The fraction of sp³-hybridized carbons (Fsp3) is 0.0714. The van der Waals surface area contributed by atoms with Crippen molar-refractivity contribution in [2.24, 2.45) is 0 Å². The minimum atomic E-state index is -3.93. The van der Waals surface area contributed by atoms with Crippen LogP contribution in [0.25, 0.3) is 0 Å². The van der Waals surface area contributed by atoms with Crippen LogP contribution in [0.5, 0.6) is 5.75 Å². The first-order valence-electron chi connectivity index (χ1n) is 6.06. The highest BCUT2D eigenvalue weighted by molar-refractivity contribution is 14.1. The number of nitrogens with one attached hydrogen (secondary N) is 1. The molecule has 0 unspecified atom stereocenters. The average molecular weight is 452 g/mol. The van der Waals surface area contributed by atoms with Gasteiger partial charge in [0.05, 0.1) is 4.90 Å². The van der Waals surface area contributed by atoms with E-state index in [1.54, 1.807) is 12.1 Å². The SMILES string of the molecule is O=C(COc1ccc(I)cc1)NS(=O)(=O)c1ccc(Cl)cc1. The second-order valence-electron chi connectivity index (χ2n) is 4.23. The minimum absolute atomic E-state index is 0.0421. The summed E-state index contributed by atoms with van der Waals surface area (Å²) in [6.45, 7) is -0.395. The normalized spacial score (nSPS) is 11.0. The molecule has 0 saturated heterocycles. The van der Waals surface area contributed by atoms with Gasteiger partial charge < -0.3 is 4.74 Å². The minimum Gasteiger partial charge on any atom is -0.484 e. The summed E-state index contributed by atoms with van der Waals surface area (Å²) in [7, 11) is -3.93. The van der Waals surface area contributed by atoms with E-state index in [0.29, 0.717) is 10.8 Å². The highest BCUT2D eigenvalue weighted by atomic mass is 127. The molecule has 2 aromatic carbocycles. The third-order valence-electron chi connectivity index (χ3n) is 2.56. The van der Waals surface area contributed by atoms with Crippen molar-refractivity contribution < 1.29 is 17.9 Å². The first-order chi connectivity index (χ1) is 10.4. The number of hydrogen-bond acceptors (Lipinski definition) is 4. The van der Waals surface area contributed by atoms with Crippen LogP contribution in [0.2, 0.25) is 5.02 Å². The molecular weight excluding hydrogens is 441 g/mol. The van der Waals surface area contributed by atoms with E-state index in [4.69, 9.17) is 16.3 Å². The van der Waals surface area contributed by atoms with Crippen LogP contribution in [0, 0.1) is 3.57 Å².